The number of methoxy groups -OCH3 is 3. The van der Waals surface area contributed by atoms with Gasteiger partial charge in [-0.2, -0.15) is 0 Å². The van der Waals surface area contributed by atoms with Crippen LogP contribution < -0.4 is 30.6 Å². The van der Waals surface area contributed by atoms with Gasteiger partial charge in [0.25, 0.3) is 0 Å². The number of benzene rings is 6. The van der Waals surface area contributed by atoms with Crippen molar-refractivity contribution in [2.75, 3.05) is 35.5 Å². The summed E-state index contributed by atoms with van der Waals surface area (Å²) in [5.41, 5.74) is 10.2. The molecular formula is C42H42B3N3O3. The predicted octanol–water partition coefficient (Wildman–Crippen LogP) is 6.15. The van der Waals surface area contributed by atoms with Crippen molar-refractivity contribution in [2.24, 2.45) is 0 Å². The van der Waals surface area contributed by atoms with Crippen molar-refractivity contribution >= 4 is 54.4 Å². The smallest absolute Gasteiger partial charge is 0.389 e. The summed E-state index contributed by atoms with van der Waals surface area (Å²) in [7, 11) is 5.31. The van der Waals surface area contributed by atoms with Crippen molar-refractivity contribution in [1.82, 2.24) is 0 Å². The number of ether oxygens (including phenoxy) is 3. The van der Waals surface area contributed by atoms with Crippen LogP contribution in [0.4, 0.5) is 17.1 Å². The first-order valence-electron chi connectivity index (χ1n) is 17.5. The minimum absolute atomic E-state index is 0.276. The maximum atomic E-state index is 5.88. The molecule has 0 N–H and O–H groups in total. The second kappa shape index (κ2) is 16.2. The fourth-order valence-electron chi connectivity index (χ4n) is 7.57. The van der Waals surface area contributed by atoms with Crippen molar-refractivity contribution in [3.63, 3.8) is 0 Å². The Morgan fingerprint density at radius 3 is 0.824 bits per heavy atom. The molecule has 0 saturated carbocycles. The number of anilines is 3. The van der Waals surface area contributed by atoms with Gasteiger partial charge in [0.2, 0.25) is 0 Å². The second-order valence-electron chi connectivity index (χ2n) is 12.7. The summed E-state index contributed by atoms with van der Waals surface area (Å²) < 4.78 is 25.4. The van der Waals surface area contributed by atoms with Gasteiger partial charge in [0, 0.05) is 38.4 Å². The Kier molecular flexibility index (Phi) is 10.9. The van der Waals surface area contributed by atoms with Gasteiger partial charge in [0.05, 0.1) is 19.8 Å². The largest absolute Gasteiger partial charge is 0.416 e. The van der Waals surface area contributed by atoms with Crippen molar-refractivity contribution in [3.05, 3.63) is 180 Å². The highest BCUT2D eigenvalue weighted by atomic mass is 16.5. The monoisotopic (exact) mass is 669 g/mol. The van der Waals surface area contributed by atoms with E-state index in [0.29, 0.717) is 19.8 Å². The minimum Gasteiger partial charge on any atom is -0.416 e. The first-order chi connectivity index (χ1) is 25.2. The summed E-state index contributed by atoms with van der Waals surface area (Å²) >= 11 is 0. The van der Waals surface area contributed by atoms with Crippen LogP contribution in [0.2, 0.25) is 0 Å². The molecule has 0 amide bonds. The zero-order valence-electron chi connectivity index (χ0n) is 29.5. The molecule has 0 bridgehead atoms. The van der Waals surface area contributed by atoms with E-state index >= 15 is 0 Å². The molecule has 6 aromatic rings. The van der Waals surface area contributed by atoms with Gasteiger partial charge >= 0.3 is 20.9 Å². The maximum Gasteiger partial charge on any atom is 0.389 e. The molecule has 1 fully saturated rings. The summed E-state index contributed by atoms with van der Waals surface area (Å²) in [4.78, 5) is 0. The highest BCUT2D eigenvalue weighted by molar-refractivity contribution is 7.15. The highest BCUT2D eigenvalue weighted by Crippen LogP contribution is 2.34. The lowest BCUT2D eigenvalue weighted by atomic mass is 9.36. The summed E-state index contributed by atoms with van der Waals surface area (Å²) in [5, 5.41) is 0. The second-order valence-corrected chi connectivity index (χ2v) is 12.7. The van der Waals surface area contributed by atoms with Crippen LogP contribution in [0, 0.1) is 0 Å². The molecule has 1 aliphatic heterocycles. The summed E-state index contributed by atoms with van der Waals surface area (Å²) in [6, 6.07) is 58.5. The summed E-state index contributed by atoms with van der Waals surface area (Å²) in [5.74, 6) is 0. The average molecular weight is 669 g/mol. The van der Waals surface area contributed by atoms with Crippen LogP contribution in [0.3, 0.4) is 0 Å². The molecule has 7 rings (SSSR count). The van der Waals surface area contributed by atoms with Crippen molar-refractivity contribution in [3.8, 4) is 0 Å². The molecule has 0 radical (unpaired) electrons. The fourth-order valence-corrected chi connectivity index (χ4v) is 7.57. The van der Waals surface area contributed by atoms with E-state index in [-0.39, 0.29) is 20.9 Å². The van der Waals surface area contributed by atoms with Gasteiger partial charge in [0.1, 0.15) is 0 Å². The van der Waals surface area contributed by atoms with Crippen molar-refractivity contribution in [2.45, 2.75) is 19.8 Å². The van der Waals surface area contributed by atoms with Gasteiger partial charge in [-0.3, -0.25) is 0 Å². The molecule has 9 heteroatoms. The number of hydrogen-bond donors (Lipinski definition) is 0. The van der Waals surface area contributed by atoms with Gasteiger partial charge < -0.3 is 28.4 Å². The highest BCUT2D eigenvalue weighted by Gasteiger charge is 2.57. The Labute approximate surface area is 303 Å². The van der Waals surface area contributed by atoms with Gasteiger partial charge in [-0.15, -0.1) is 0 Å². The SMILES string of the molecule is COCc1ccccc1B1N(c2ccccc2)B(c2ccccc2COC)N(c2ccccc2)B(c2ccccc2COC)N1c1ccccc1. The zero-order chi connectivity index (χ0) is 35.0. The quantitative estimate of drug-likeness (QED) is 0.146. The predicted molar refractivity (Wildman–Crippen MR) is 214 cm³/mol. The fraction of sp³-hybridized carbons (Fsp3) is 0.143. The molecule has 0 spiro atoms. The molecule has 1 aliphatic rings. The van der Waals surface area contributed by atoms with Gasteiger partial charge in [-0.05, 0) is 69.5 Å². The van der Waals surface area contributed by atoms with E-state index in [1.54, 1.807) is 21.3 Å². The molecule has 0 aromatic heterocycles. The molecule has 252 valence electrons. The van der Waals surface area contributed by atoms with E-state index in [9.17, 15) is 0 Å². The summed E-state index contributed by atoms with van der Waals surface area (Å²) in [6.45, 7) is 0.620. The Balaban J connectivity index is 1.65. The maximum absolute atomic E-state index is 5.88. The van der Waals surface area contributed by atoms with E-state index in [0.717, 1.165) is 33.8 Å². The lowest BCUT2D eigenvalue weighted by Crippen LogP contribution is -2.87. The Hall–Kier alpha value is -5.21. The van der Waals surface area contributed by atoms with Crippen LogP contribution >= 0.6 is 0 Å². The number of nitrogens with zero attached hydrogens (tertiary/aromatic N) is 3. The van der Waals surface area contributed by atoms with E-state index < -0.39 is 0 Å². The van der Waals surface area contributed by atoms with Crippen molar-refractivity contribution < 1.29 is 14.2 Å². The van der Waals surface area contributed by atoms with Crippen LogP contribution in [-0.4, -0.2) is 42.3 Å². The number of para-hydroxylation sites is 3. The Bertz CT molecular complexity index is 1760. The van der Waals surface area contributed by atoms with E-state index in [4.69, 9.17) is 14.2 Å². The van der Waals surface area contributed by atoms with Crippen LogP contribution in [0.15, 0.2) is 164 Å². The lowest BCUT2D eigenvalue weighted by molar-refractivity contribution is 0.185. The Morgan fingerprint density at radius 2 is 0.569 bits per heavy atom. The van der Waals surface area contributed by atoms with Crippen molar-refractivity contribution in [1.29, 1.82) is 0 Å². The third-order valence-electron chi connectivity index (χ3n) is 9.64. The Morgan fingerprint density at radius 1 is 0.333 bits per heavy atom. The van der Waals surface area contributed by atoms with Crippen LogP contribution in [0.5, 0.6) is 0 Å². The molecule has 6 aromatic carbocycles. The van der Waals surface area contributed by atoms with Crippen LogP contribution in [-0.2, 0) is 34.0 Å². The van der Waals surface area contributed by atoms with E-state index in [1.165, 1.54) is 16.4 Å². The van der Waals surface area contributed by atoms with Gasteiger partial charge in [-0.25, -0.2) is 0 Å². The molecule has 1 saturated heterocycles. The standard InChI is InChI=1S/C42H42B3N3O3/c1-49-31-34-19-13-16-28-40(34)43-46(37-22-7-4-8-23-37)44(41-29-17-14-20-35(41)32-50-2)48(39-26-11-6-12-27-39)45(47(43)38-24-9-5-10-25-38)42-30-18-15-21-36(42)33-51-3/h4-30H,31-33H2,1-3H3. The lowest BCUT2D eigenvalue weighted by Gasteiger charge is -2.57. The molecule has 0 atom stereocenters. The van der Waals surface area contributed by atoms with E-state index in [2.05, 4.69) is 178 Å². The normalized spacial score (nSPS) is 13.2. The number of hydrogen-bond acceptors (Lipinski definition) is 6. The van der Waals surface area contributed by atoms with E-state index in [1.807, 2.05) is 0 Å². The first-order valence-corrected chi connectivity index (χ1v) is 17.5. The third-order valence-corrected chi connectivity index (χ3v) is 9.64. The number of rotatable bonds is 12. The molecule has 51 heavy (non-hydrogen) atoms. The van der Waals surface area contributed by atoms with Crippen LogP contribution in [0.25, 0.3) is 0 Å². The van der Waals surface area contributed by atoms with Gasteiger partial charge in [0.15, 0.2) is 0 Å². The van der Waals surface area contributed by atoms with Gasteiger partial charge in [-0.1, -0.05) is 127 Å². The molecule has 0 unspecified atom stereocenters. The topological polar surface area (TPSA) is 37.4 Å². The molecule has 0 aliphatic carbocycles. The first kappa shape index (κ1) is 34.3. The third kappa shape index (κ3) is 6.93. The zero-order valence-corrected chi connectivity index (χ0v) is 29.5. The average Bonchev–Trinajstić information content (AvgIpc) is 3.19. The minimum atomic E-state index is -0.276. The van der Waals surface area contributed by atoms with Crippen LogP contribution in [0.1, 0.15) is 16.7 Å². The summed E-state index contributed by atoms with van der Waals surface area (Å²) in [6.07, 6.45) is 0. The molecule has 6 nitrogen and oxygen atoms in total. The molecular weight excluding hydrogens is 627 g/mol. The molecule has 1 heterocycles.